The maximum atomic E-state index is 12.9. The lowest BCUT2D eigenvalue weighted by molar-refractivity contribution is 0.0821. The third kappa shape index (κ3) is 4.26. The van der Waals surface area contributed by atoms with E-state index in [1.165, 1.54) is 28.4 Å². The smallest absolute Gasteiger partial charge is 0.275 e. The molecule has 0 radical (unpaired) electrons. The van der Waals surface area contributed by atoms with Crippen molar-refractivity contribution in [2.75, 3.05) is 34.3 Å². The number of sulfonamides is 1. The molecule has 1 aromatic carbocycles. The quantitative estimate of drug-likeness (QED) is 0.708. The van der Waals surface area contributed by atoms with Crippen LogP contribution in [0.25, 0.3) is 0 Å². The van der Waals surface area contributed by atoms with E-state index in [0.29, 0.717) is 49.0 Å². The standard InChI is InChI=1S/C19H24ClN3O5S/c1-12-17(19(24)22(2)3)21-18(28-12)13-7-9-23(10-8-13)29(25,26)14-5-6-16(27-4)15(20)11-14/h5-6,11,13H,7-10H2,1-4H3. The Morgan fingerprint density at radius 3 is 2.52 bits per heavy atom. The van der Waals surface area contributed by atoms with Gasteiger partial charge < -0.3 is 14.1 Å². The van der Waals surface area contributed by atoms with Gasteiger partial charge in [0.05, 0.1) is 17.0 Å². The highest BCUT2D eigenvalue weighted by Crippen LogP contribution is 2.33. The fourth-order valence-electron chi connectivity index (χ4n) is 3.30. The van der Waals surface area contributed by atoms with Crippen LogP contribution in [0.15, 0.2) is 27.5 Å². The van der Waals surface area contributed by atoms with E-state index in [4.69, 9.17) is 20.8 Å². The van der Waals surface area contributed by atoms with E-state index in [1.54, 1.807) is 27.1 Å². The topological polar surface area (TPSA) is 93.0 Å². The number of piperidine rings is 1. The van der Waals surface area contributed by atoms with Crippen molar-refractivity contribution in [3.63, 3.8) is 0 Å². The molecule has 1 aliphatic rings. The van der Waals surface area contributed by atoms with E-state index in [1.807, 2.05) is 0 Å². The van der Waals surface area contributed by atoms with Crippen LogP contribution >= 0.6 is 11.6 Å². The normalized spacial score (nSPS) is 16.0. The lowest BCUT2D eigenvalue weighted by atomic mass is 9.98. The Morgan fingerprint density at radius 1 is 1.31 bits per heavy atom. The van der Waals surface area contributed by atoms with Crippen molar-refractivity contribution in [2.24, 2.45) is 0 Å². The lowest BCUT2D eigenvalue weighted by Gasteiger charge is -2.29. The van der Waals surface area contributed by atoms with Gasteiger partial charge in [-0.15, -0.1) is 0 Å². The van der Waals surface area contributed by atoms with Gasteiger partial charge in [-0.1, -0.05) is 11.6 Å². The molecule has 1 aliphatic heterocycles. The number of carbonyl (C=O) groups is 1. The van der Waals surface area contributed by atoms with Gasteiger partial charge in [0.2, 0.25) is 10.0 Å². The van der Waals surface area contributed by atoms with Crippen LogP contribution in [0.2, 0.25) is 5.02 Å². The van der Waals surface area contributed by atoms with Crippen LogP contribution in [0.3, 0.4) is 0 Å². The number of aromatic nitrogens is 1. The Kier molecular flexibility index (Phi) is 6.21. The number of aryl methyl sites for hydroxylation is 1. The number of methoxy groups -OCH3 is 1. The van der Waals surface area contributed by atoms with Crippen LogP contribution < -0.4 is 4.74 Å². The molecule has 158 valence electrons. The van der Waals surface area contributed by atoms with Gasteiger partial charge in [-0.2, -0.15) is 4.31 Å². The molecule has 0 aliphatic carbocycles. The average Bonchev–Trinajstić information content (AvgIpc) is 3.08. The lowest BCUT2D eigenvalue weighted by Crippen LogP contribution is -2.38. The number of halogens is 1. The molecule has 1 saturated heterocycles. The predicted octanol–water partition coefficient (Wildman–Crippen LogP) is 2.92. The zero-order valence-corrected chi connectivity index (χ0v) is 18.4. The van der Waals surface area contributed by atoms with Crippen molar-refractivity contribution >= 4 is 27.5 Å². The Morgan fingerprint density at radius 2 is 1.97 bits per heavy atom. The second-order valence-corrected chi connectivity index (χ2v) is 9.48. The molecule has 2 heterocycles. The molecular formula is C19H24ClN3O5S. The first-order valence-corrected chi connectivity index (χ1v) is 11.0. The molecule has 29 heavy (non-hydrogen) atoms. The Hall–Kier alpha value is -2.10. The summed E-state index contributed by atoms with van der Waals surface area (Å²) in [5.41, 5.74) is 0.299. The number of oxazole rings is 1. The van der Waals surface area contributed by atoms with Gasteiger partial charge in [-0.3, -0.25) is 4.79 Å². The van der Waals surface area contributed by atoms with Gasteiger partial charge in [0.15, 0.2) is 11.6 Å². The van der Waals surface area contributed by atoms with Crippen LogP contribution in [-0.2, 0) is 10.0 Å². The summed E-state index contributed by atoms with van der Waals surface area (Å²) in [5.74, 6) is 1.13. The van der Waals surface area contributed by atoms with Crippen molar-refractivity contribution in [1.82, 2.24) is 14.2 Å². The van der Waals surface area contributed by atoms with Gasteiger partial charge in [-0.05, 0) is 38.0 Å². The van der Waals surface area contributed by atoms with Crippen LogP contribution in [-0.4, -0.2) is 62.8 Å². The van der Waals surface area contributed by atoms with Gasteiger partial charge >= 0.3 is 0 Å². The summed E-state index contributed by atoms with van der Waals surface area (Å²) in [6.45, 7) is 2.37. The number of carbonyl (C=O) groups excluding carboxylic acids is 1. The van der Waals surface area contributed by atoms with E-state index < -0.39 is 10.0 Å². The number of benzene rings is 1. The Labute approximate surface area is 175 Å². The number of ether oxygens (including phenoxy) is 1. The summed E-state index contributed by atoms with van der Waals surface area (Å²) in [7, 11) is 1.13. The first-order chi connectivity index (χ1) is 13.6. The minimum atomic E-state index is -3.66. The first kappa shape index (κ1) is 21.6. The third-order valence-corrected chi connectivity index (χ3v) is 7.18. The fourth-order valence-corrected chi connectivity index (χ4v) is 5.12. The second kappa shape index (κ2) is 8.33. The molecule has 1 aromatic heterocycles. The van der Waals surface area contributed by atoms with Crippen molar-refractivity contribution in [2.45, 2.75) is 30.6 Å². The van der Waals surface area contributed by atoms with Crippen LogP contribution in [0.4, 0.5) is 0 Å². The highest BCUT2D eigenvalue weighted by Gasteiger charge is 2.33. The van der Waals surface area contributed by atoms with Crippen LogP contribution in [0.1, 0.15) is 40.9 Å². The summed E-state index contributed by atoms with van der Waals surface area (Å²) in [6.07, 6.45) is 1.11. The van der Waals surface area contributed by atoms with Gasteiger partial charge in [-0.25, -0.2) is 13.4 Å². The summed E-state index contributed by atoms with van der Waals surface area (Å²) in [4.78, 5) is 18.1. The molecular weight excluding hydrogens is 418 g/mol. The minimum absolute atomic E-state index is 0.0386. The van der Waals surface area contributed by atoms with E-state index in [0.717, 1.165) is 0 Å². The highest BCUT2D eigenvalue weighted by molar-refractivity contribution is 7.89. The number of rotatable bonds is 5. The SMILES string of the molecule is COc1ccc(S(=O)(=O)N2CCC(c3nc(C(=O)N(C)C)c(C)o3)CC2)cc1Cl. The van der Waals surface area contributed by atoms with Crippen molar-refractivity contribution < 1.29 is 22.4 Å². The molecule has 10 heteroatoms. The molecule has 0 atom stereocenters. The van der Waals surface area contributed by atoms with Crippen LogP contribution in [0.5, 0.6) is 5.75 Å². The average molecular weight is 442 g/mol. The molecule has 3 rings (SSSR count). The van der Waals surface area contributed by atoms with Gasteiger partial charge in [0, 0.05) is 33.1 Å². The van der Waals surface area contributed by atoms with Crippen LogP contribution in [0, 0.1) is 6.92 Å². The fraction of sp³-hybridized carbons (Fsp3) is 0.474. The molecule has 0 unspecified atom stereocenters. The number of hydrogen-bond donors (Lipinski definition) is 0. The molecule has 0 spiro atoms. The molecule has 0 bridgehead atoms. The van der Waals surface area contributed by atoms with Crippen molar-refractivity contribution in [3.8, 4) is 5.75 Å². The number of nitrogens with zero attached hydrogens (tertiary/aromatic N) is 3. The van der Waals surface area contributed by atoms with Gasteiger partial charge in [0.25, 0.3) is 5.91 Å². The zero-order chi connectivity index (χ0) is 21.3. The van der Waals surface area contributed by atoms with E-state index in [2.05, 4.69) is 4.98 Å². The number of hydrogen-bond acceptors (Lipinski definition) is 6. The zero-order valence-electron chi connectivity index (χ0n) is 16.8. The van der Waals surface area contributed by atoms with Crippen molar-refractivity contribution in [1.29, 1.82) is 0 Å². The molecule has 1 amide bonds. The molecule has 8 nitrogen and oxygen atoms in total. The van der Waals surface area contributed by atoms with Gasteiger partial charge in [0.1, 0.15) is 11.5 Å². The van der Waals surface area contributed by atoms with E-state index >= 15 is 0 Å². The van der Waals surface area contributed by atoms with E-state index in [-0.39, 0.29) is 21.7 Å². The molecule has 0 saturated carbocycles. The monoisotopic (exact) mass is 441 g/mol. The maximum absolute atomic E-state index is 12.9. The summed E-state index contributed by atoms with van der Waals surface area (Å²) < 4.78 is 38.1. The van der Waals surface area contributed by atoms with Crippen molar-refractivity contribution in [3.05, 3.63) is 40.6 Å². The predicted molar refractivity (Wildman–Crippen MR) is 108 cm³/mol. The Balaban J connectivity index is 1.73. The molecule has 1 fully saturated rings. The molecule has 0 N–H and O–H groups in total. The van der Waals surface area contributed by atoms with E-state index in [9.17, 15) is 13.2 Å². The summed E-state index contributed by atoms with van der Waals surface area (Å²) in [5, 5.41) is 0.247. The molecule has 2 aromatic rings. The largest absolute Gasteiger partial charge is 0.495 e. The third-order valence-electron chi connectivity index (χ3n) is 4.99. The summed E-state index contributed by atoms with van der Waals surface area (Å²) in [6, 6.07) is 4.43. The minimum Gasteiger partial charge on any atom is -0.495 e. The second-order valence-electron chi connectivity index (χ2n) is 7.13. The highest BCUT2D eigenvalue weighted by atomic mass is 35.5. The summed E-state index contributed by atoms with van der Waals surface area (Å²) >= 11 is 6.08. The number of amides is 1. The Bertz CT molecular complexity index is 1010. The first-order valence-electron chi connectivity index (χ1n) is 9.17. The maximum Gasteiger partial charge on any atom is 0.275 e.